The molecule has 1 rings (SSSR count). The van der Waals surface area contributed by atoms with Crippen molar-refractivity contribution in [1.82, 2.24) is 4.98 Å². The van der Waals surface area contributed by atoms with E-state index in [-0.39, 0.29) is 23.0 Å². The molecular formula is C9H10ClNO3. The van der Waals surface area contributed by atoms with Crippen LogP contribution >= 0.6 is 11.6 Å². The molecule has 1 N–H and O–H groups in total. The number of nitrogens with zero attached hydrogens (tertiary/aromatic N) is 1. The van der Waals surface area contributed by atoms with Crippen LogP contribution in [0.5, 0.6) is 5.75 Å². The highest BCUT2D eigenvalue weighted by Crippen LogP contribution is 2.18. The quantitative estimate of drug-likeness (QED) is 0.614. The first-order chi connectivity index (χ1) is 6.63. The lowest BCUT2D eigenvalue weighted by molar-refractivity contribution is -0.142. The number of esters is 1. The Morgan fingerprint density at radius 3 is 3.00 bits per heavy atom. The van der Waals surface area contributed by atoms with Gasteiger partial charge in [-0.05, 0) is 19.1 Å². The van der Waals surface area contributed by atoms with E-state index in [1.807, 2.05) is 0 Å². The lowest BCUT2D eigenvalue weighted by atomic mass is 10.2. The first-order valence-corrected chi connectivity index (χ1v) is 4.51. The van der Waals surface area contributed by atoms with Gasteiger partial charge in [0.15, 0.2) is 0 Å². The fraction of sp³-hybridized carbons (Fsp3) is 0.333. The average molecular weight is 216 g/mol. The van der Waals surface area contributed by atoms with Gasteiger partial charge in [-0.3, -0.25) is 4.79 Å². The highest BCUT2D eigenvalue weighted by atomic mass is 35.5. The van der Waals surface area contributed by atoms with Crippen LogP contribution in [-0.4, -0.2) is 22.7 Å². The van der Waals surface area contributed by atoms with Gasteiger partial charge in [0.25, 0.3) is 0 Å². The van der Waals surface area contributed by atoms with Crippen molar-refractivity contribution >= 4 is 17.6 Å². The lowest BCUT2D eigenvalue weighted by Crippen LogP contribution is -2.08. The van der Waals surface area contributed by atoms with Crippen molar-refractivity contribution in [3.8, 4) is 5.75 Å². The molecule has 0 atom stereocenters. The number of carbonyl (C=O) groups is 1. The maximum atomic E-state index is 11.1. The molecule has 0 aliphatic heterocycles. The van der Waals surface area contributed by atoms with Crippen LogP contribution in [0.25, 0.3) is 0 Å². The van der Waals surface area contributed by atoms with Crippen molar-refractivity contribution in [3.63, 3.8) is 0 Å². The third kappa shape index (κ3) is 2.88. The summed E-state index contributed by atoms with van der Waals surface area (Å²) >= 11 is 5.60. The maximum Gasteiger partial charge on any atom is 0.312 e. The molecule has 0 radical (unpaired) electrons. The number of hydrogen-bond donors (Lipinski definition) is 1. The van der Waals surface area contributed by atoms with Crippen molar-refractivity contribution in [1.29, 1.82) is 0 Å². The molecule has 0 saturated heterocycles. The number of halogens is 1. The summed E-state index contributed by atoms with van der Waals surface area (Å²) in [6.07, 6.45) is -0.0692. The number of aromatic hydroxyl groups is 1. The summed E-state index contributed by atoms with van der Waals surface area (Å²) in [5, 5.41) is 9.56. The van der Waals surface area contributed by atoms with E-state index in [9.17, 15) is 9.90 Å². The summed E-state index contributed by atoms with van der Waals surface area (Å²) in [7, 11) is 0. The second kappa shape index (κ2) is 4.81. The third-order valence-electron chi connectivity index (χ3n) is 1.53. The van der Waals surface area contributed by atoms with E-state index >= 15 is 0 Å². The van der Waals surface area contributed by atoms with E-state index in [1.165, 1.54) is 12.1 Å². The number of carbonyl (C=O) groups excluding carboxylic acids is 1. The number of pyridine rings is 1. The zero-order chi connectivity index (χ0) is 10.6. The standard InChI is InChI=1S/C9H10ClNO3/c1-2-14-9(13)5-6-7(12)3-4-8(10)11-6/h3-4,12H,2,5H2,1H3. The second-order valence-electron chi connectivity index (χ2n) is 2.58. The molecule has 1 aromatic heterocycles. The van der Waals surface area contributed by atoms with Gasteiger partial charge >= 0.3 is 5.97 Å². The fourth-order valence-corrected chi connectivity index (χ4v) is 1.11. The van der Waals surface area contributed by atoms with Crippen LogP contribution in [0.1, 0.15) is 12.6 Å². The Bertz CT molecular complexity index is 341. The minimum absolute atomic E-state index is 0.0533. The molecule has 0 aliphatic rings. The molecule has 0 aromatic carbocycles. The van der Waals surface area contributed by atoms with Crippen LogP contribution in [-0.2, 0) is 16.0 Å². The van der Waals surface area contributed by atoms with Crippen LogP contribution in [0, 0.1) is 0 Å². The van der Waals surface area contributed by atoms with E-state index in [0.29, 0.717) is 6.61 Å². The van der Waals surface area contributed by atoms with Gasteiger partial charge in [-0.25, -0.2) is 4.98 Å². The van der Waals surface area contributed by atoms with Gasteiger partial charge in [-0.1, -0.05) is 11.6 Å². The van der Waals surface area contributed by atoms with Gasteiger partial charge in [-0.15, -0.1) is 0 Å². The Hall–Kier alpha value is -1.29. The van der Waals surface area contributed by atoms with E-state index in [0.717, 1.165) is 0 Å². The fourth-order valence-electron chi connectivity index (χ4n) is 0.946. The zero-order valence-electron chi connectivity index (χ0n) is 7.66. The normalized spacial score (nSPS) is 9.86. The Kier molecular flexibility index (Phi) is 3.71. The summed E-state index contributed by atoms with van der Waals surface area (Å²) in [6, 6.07) is 2.84. The van der Waals surface area contributed by atoms with Crippen LogP contribution in [0.2, 0.25) is 5.15 Å². The molecule has 0 unspecified atom stereocenters. The highest BCUT2D eigenvalue weighted by Gasteiger charge is 2.10. The van der Waals surface area contributed by atoms with Crippen molar-refractivity contribution in [2.45, 2.75) is 13.3 Å². The Morgan fingerprint density at radius 2 is 2.36 bits per heavy atom. The molecule has 0 spiro atoms. The Balaban J connectivity index is 2.75. The van der Waals surface area contributed by atoms with Gasteiger partial charge in [0, 0.05) is 0 Å². The Morgan fingerprint density at radius 1 is 1.64 bits per heavy atom. The van der Waals surface area contributed by atoms with Gasteiger partial charge in [-0.2, -0.15) is 0 Å². The molecule has 14 heavy (non-hydrogen) atoms. The zero-order valence-corrected chi connectivity index (χ0v) is 8.41. The van der Waals surface area contributed by atoms with Crippen molar-refractivity contribution in [2.75, 3.05) is 6.61 Å². The lowest BCUT2D eigenvalue weighted by Gasteiger charge is -2.03. The van der Waals surface area contributed by atoms with Crippen molar-refractivity contribution in [2.24, 2.45) is 0 Å². The summed E-state index contributed by atoms with van der Waals surface area (Å²) < 4.78 is 4.71. The molecule has 76 valence electrons. The van der Waals surface area contributed by atoms with Crippen molar-refractivity contribution in [3.05, 3.63) is 23.0 Å². The molecule has 0 bridgehead atoms. The van der Waals surface area contributed by atoms with Crippen molar-refractivity contribution < 1.29 is 14.6 Å². The topological polar surface area (TPSA) is 59.4 Å². The monoisotopic (exact) mass is 215 g/mol. The van der Waals surface area contributed by atoms with Crippen LogP contribution in [0.4, 0.5) is 0 Å². The smallest absolute Gasteiger partial charge is 0.312 e. The Labute approximate surface area is 86.5 Å². The summed E-state index contributed by atoms with van der Waals surface area (Å²) in [5.41, 5.74) is 0.232. The molecule has 0 fully saturated rings. The third-order valence-corrected chi connectivity index (χ3v) is 1.74. The summed E-state index contributed by atoms with van der Waals surface area (Å²) in [4.78, 5) is 14.9. The minimum Gasteiger partial charge on any atom is -0.506 e. The van der Waals surface area contributed by atoms with E-state index in [2.05, 4.69) is 4.98 Å². The highest BCUT2D eigenvalue weighted by molar-refractivity contribution is 6.29. The SMILES string of the molecule is CCOC(=O)Cc1nc(Cl)ccc1O. The van der Waals surface area contributed by atoms with Gasteiger partial charge < -0.3 is 9.84 Å². The van der Waals surface area contributed by atoms with Crippen LogP contribution in [0.15, 0.2) is 12.1 Å². The number of aromatic nitrogens is 1. The molecule has 0 amide bonds. The van der Waals surface area contributed by atoms with Crippen LogP contribution in [0.3, 0.4) is 0 Å². The molecule has 1 aromatic rings. The van der Waals surface area contributed by atoms with E-state index in [1.54, 1.807) is 6.92 Å². The van der Waals surface area contributed by atoms with Gasteiger partial charge in [0.2, 0.25) is 0 Å². The molecule has 5 heteroatoms. The van der Waals surface area contributed by atoms with Crippen LogP contribution < -0.4 is 0 Å². The predicted octanol–water partition coefficient (Wildman–Crippen LogP) is 1.55. The van der Waals surface area contributed by atoms with E-state index < -0.39 is 5.97 Å². The second-order valence-corrected chi connectivity index (χ2v) is 2.97. The molecule has 1 heterocycles. The molecule has 0 aliphatic carbocycles. The largest absolute Gasteiger partial charge is 0.506 e. The molecule has 4 nitrogen and oxygen atoms in total. The minimum atomic E-state index is -0.433. The average Bonchev–Trinajstić information content (AvgIpc) is 2.12. The number of rotatable bonds is 3. The number of ether oxygens (including phenoxy) is 1. The first-order valence-electron chi connectivity index (χ1n) is 4.13. The van der Waals surface area contributed by atoms with Gasteiger partial charge in [0.05, 0.1) is 18.7 Å². The molecular weight excluding hydrogens is 206 g/mol. The first kappa shape index (κ1) is 10.8. The summed E-state index contributed by atoms with van der Waals surface area (Å²) in [6.45, 7) is 2.02. The van der Waals surface area contributed by atoms with E-state index in [4.69, 9.17) is 16.3 Å². The van der Waals surface area contributed by atoms with Gasteiger partial charge in [0.1, 0.15) is 10.9 Å². The predicted molar refractivity (Wildman–Crippen MR) is 51.2 cm³/mol. The molecule has 0 saturated carbocycles. The maximum absolute atomic E-state index is 11.1. The summed E-state index contributed by atoms with van der Waals surface area (Å²) in [5.74, 6) is -0.486. The number of hydrogen-bond acceptors (Lipinski definition) is 4.